The van der Waals surface area contributed by atoms with E-state index in [4.69, 9.17) is 33.2 Å². The molecule has 7 N–H and O–H groups in total. The van der Waals surface area contributed by atoms with Gasteiger partial charge in [-0.3, -0.25) is 4.79 Å². The average Bonchev–Trinajstić information content (AvgIpc) is 3.33. The van der Waals surface area contributed by atoms with Gasteiger partial charge in [-0.05, 0) is 41.9 Å². The lowest BCUT2D eigenvalue weighted by molar-refractivity contribution is -0.320. The van der Waals surface area contributed by atoms with Crippen molar-refractivity contribution in [3.05, 3.63) is 108 Å². The summed E-state index contributed by atoms with van der Waals surface area (Å²) in [4.78, 5) is 40.3. The minimum atomic E-state index is -1.66. The molecule has 1 aliphatic carbocycles. The zero-order valence-electron chi connectivity index (χ0n) is 37.3. The van der Waals surface area contributed by atoms with Crippen LogP contribution >= 0.6 is 0 Å². The van der Waals surface area contributed by atoms with Crippen LogP contribution in [0.15, 0.2) is 91.0 Å². The zero-order valence-corrected chi connectivity index (χ0v) is 37.3. The van der Waals surface area contributed by atoms with Crippen molar-refractivity contribution < 1.29 is 68.0 Å². The molecule has 7 unspecified atom stereocenters. The number of amides is 3. The van der Waals surface area contributed by atoms with E-state index in [0.29, 0.717) is 12.8 Å². The van der Waals surface area contributed by atoms with E-state index in [1.165, 1.54) is 0 Å². The zero-order chi connectivity index (χ0) is 46.5. The summed E-state index contributed by atoms with van der Waals surface area (Å²) in [7, 11) is 0. The summed E-state index contributed by atoms with van der Waals surface area (Å²) in [6.45, 7) is 6.68. The van der Waals surface area contributed by atoms with Crippen LogP contribution in [0.1, 0.15) is 63.6 Å². The van der Waals surface area contributed by atoms with E-state index in [1.54, 1.807) is 32.9 Å². The highest BCUT2D eigenvalue weighted by atomic mass is 16.7. The quantitative estimate of drug-likeness (QED) is 0.0966. The van der Waals surface area contributed by atoms with E-state index in [2.05, 4.69) is 16.0 Å². The maximum absolute atomic E-state index is 13.9. The molecule has 3 amide bonds. The van der Waals surface area contributed by atoms with Gasteiger partial charge in [-0.25, -0.2) is 9.59 Å². The summed E-state index contributed by atoms with van der Waals surface area (Å²) in [6.07, 6.45) is -12.1. The summed E-state index contributed by atoms with van der Waals surface area (Å²) in [6, 6.07) is 25.0. The Morgan fingerprint density at radius 1 is 0.677 bits per heavy atom. The largest absolute Gasteiger partial charge is 0.445 e. The van der Waals surface area contributed by atoms with Gasteiger partial charge in [-0.2, -0.15) is 0 Å². The smallest absolute Gasteiger partial charge is 0.407 e. The molecule has 15 atom stereocenters. The Morgan fingerprint density at radius 3 is 1.78 bits per heavy atom. The maximum atomic E-state index is 13.9. The monoisotopic (exact) mass is 907 g/mol. The van der Waals surface area contributed by atoms with Gasteiger partial charge in [0.15, 0.2) is 12.6 Å². The lowest BCUT2D eigenvalue weighted by Gasteiger charge is -2.52. The molecule has 2 saturated heterocycles. The summed E-state index contributed by atoms with van der Waals surface area (Å²) >= 11 is 0. The maximum Gasteiger partial charge on any atom is 0.407 e. The Balaban J connectivity index is 1.33. The van der Waals surface area contributed by atoms with Gasteiger partial charge >= 0.3 is 12.2 Å². The highest BCUT2D eigenvalue weighted by Crippen LogP contribution is 2.38. The van der Waals surface area contributed by atoms with Gasteiger partial charge < -0.3 is 69.5 Å². The Morgan fingerprint density at radius 2 is 1.22 bits per heavy atom. The summed E-state index contributed by atoms with van der Waals surface area (Å²) < 4.78 is 43.8. The van der Waals surface area contributed by atoms with E-state index >= 15 is 0 Å². The van der Waals surface area contributed by atoms with Crippen molar-refractivity contribution in [1.82, 2.24) is 16.0 Å². The third-order valence-electron chi connectivity index (χ3n) is 12.5. The minimum Gasteiger partial charge on any atom is -0.445 e. The number of hydrogen-bond donors (Lipinski definition) is 7. The van der Waals surface area contributed by atoms with E-state index in [0.717, 1.165) is 16.7 Å². The van der Waals surface area contributed by atoms with Gasteiger partial charge in [-0.1, -0.05) is 119 Å². The van der Waals surface area contributed by atoms with Crippen molar-refractivity contribution in [3.63, 3.8) is 0 Å². The molecule has 0 bridgehead atoms. The number of ether oxygens (including phenoxy) is 7. The van der Waals surface area contributed by atoms with Crippen LogP contribution in [0.2, 0.25) is 0 Å². The fourth-order valence-electron chi connectivity index (χ4n) is 8.34. The fourth-order valence-corrected chi connectivity index (χ4v) is 8.34. The molecule has 2 aliphatic heterocycles. The predicted molar refractivity (Wildman–Crippen MR) is 234 cm³/mol. The second kappa shape index (κ2) is 24.2. The third kappa shape index (κ3) is 13.5. The number of carbonyl (C=O) groups excluding carboxylic acids is 3. The molecule has 0 aromatic heterocycles. The van der Waals surface area contributed by atoms with E-state index < -0.39 is 110 Å². The molecule has 3 aromatic rings. The molecule has 6 rings (SSSR count). The first kappa shape index (κ1) is 49.7. The third-order valence-corrected chi connectivity index (χ3v) is 12.5. The lowest BCUT2D eigenvalue weighted by atomic mass is 9.79. The highest BCUT2D eigenvalue weighted by Gasteiger charge is 2.57. The van der Waals surface area contributed by atoms with Gasteiger partial charge in [0.2, 0.25) is 5.91 Å². The van der Waals surface area contributed by atoms with E-state index in [1.807, 2.05) is 85.8 Å². The van der Waals surface area contributed by atoms with Crippen molar-refractivity contribution in [2.45, 2.75) is 140 Å². The molecule has 3 aromatic carbocycles. The second-order valence-corrected chi connectivity index (χ2v) is 17.2. The number of aliphatic hydroxyl groups excluding tert-OH is 4. The Kier molecular flexibility index (Phi) is 18.5. The first-order valence-corrected chi connectivity index (χ1v) is 22.5. The number of aliphatic hydroxyl groups is 4. The Hall–Kier alpha value is -4.69. The van der Waals surface area contributed by atoms with Crippen LogP contribution in [0, 0.1) is 17.8 Å². The van der Waals surface area contributed by atoms with Gasteiger partial charge in [0.05, 0.1) is 37.5 Å². The van der Waals surface area contributed by atoms with Crippen LogP contribution in [0.3, 0.4) is 0 Å². The Labute approximate surface area is 380 Å². The minimum absolute atomic E-state index is 0.0302. The lowest BCUT2D eigenvalue weighted by Crippen LogP contribution is -2.74. The molecule has 65 heavy (non-hydrogen) atoms. The molecule has 2 heterocycles. The number of nitrogens with one attached hydrogen (secondary N) is 3. The normalized spacial score (nSPS) is 31.8. The van der Waals surface area contributed by atoms with E-state index in [9.17, 15) is 34.8 Å². The van der Waals surface area contributed by atoms with Crippen LogP contribution in [0.4, 0.5) is 9.59 Å². The van der Waals surface area contributed by atoms with Gasteiger partial charge in [0, 0.05) is 18.4 Å². The molecule has 17 heteroatoms. The first-order chi connectivity index (χ1) is 31.4. The molecular formula is C48H65N3O14. The van der Waals surface area contributed by atoms with Crippen LogP contribution in [0.5, 0.6) is 0 Å². The van der Waals surface area contributed by atoms with Gasteiger partial charge in [-0.15, -0.1) is 0 Å². The molecular weight excluding hydrogens is 843 g/mol. The summed E-state index contributed by atoms with van der Waals surface area (Å²) in [5, 5.41) is 53.0. The summed E-state index contributed by atoms with van der Waals surface area (Å²) in [5.41, 5.74) is 2.30. The molecule has 17 nitrogen and oxygen atoms in total. The summed E-state index contributed by atoms with van der Waals surface area (Å²) in [5.74, 6) is -1.94. The average molecular weight is 908 g/mol. The molecule has 3 fully saturated rings. The number of rotatable bonds is 18. The first-order valence-electron chi connectivity index (χ1n) is 22.5. The van der Waals surface area contributed by atoms with Crippen LogP contribution in [-0.4, -0.2) is 125 Å². The number of hydrogen-bond acceptors (Lipinski definition) is 14. The van der Waals surface area contributed by atoms with Crippen LogP contribution < -0.4 is 16.0 Å². The van der Waals surface area contributed by atoms with E-state index in [-0.39, 0.29) is 38.7 Å². The number of benzene rings is 3. The Bertz CT molecular complexity index is 1910. The highest BCUT2D eigenvalue weighted by molar-refractivity contribution is 5.81. The van der Waals surface area contributed by atoms with Crippen LogP contribution in [0.25, 0.3) is 0 Å². The molecule has 1 saturated carbocycles. The van der Waals surface area contributed by atoms with Crippen molar-refractivity contribution in [2.75, 3.05) is 13.2 Å². The molecule has 0 spiro atoms. The standard InChI is InChI=1S/C48H65N3O14/c1-5-35(53)44(56)50-37-41(59-25-31-15-9-6-10-16-31)38(51-48(58)61-27-33-19-13-8-14-20-33)43(40(55)42(37)65-46-30(4)29(3)39(54)36(24-52)63-46)64-45-28(2)21-22-34(62-45)23-49-47(57)60-26-32-17-11-7-12-18-32/h6-20,28-30,34-43,45-46,52-55H,5,21-27H2,1-4H3,(H,49,57)(H,50,56)(H,51,58)/t28?,29-,30?,34?,35+,36?,37-,38+,39+,40?,41?,42+,43?,45-,46-/m1/s1. The molecule has 0 radical (unpaired) electrons. The van der Waals surface area contributed by atoms with Crippen LogP contribution in [-0.2, 0) is 57.8 Å². The van der Waals surface area contributed by atoms with Gasteiger partial charge in [0.25, 0.3) is 0 Å². The van der Waals surface area contributed by atoms with Crippen molar-refractivity contribution in [2.24, 2.45) is 17.8 Å². The SMILES string of the molecule is CC[C@H](O)C(=O)N[C@@H]1C(OCc2ccccc2)[C@H](NC(=O)OCc2ccccc2)C(O[C@H]2OC(CNC(=O)OCc3ccccc3)CCC2C)C(O)[C@H]1O[C@H]1OC(CO)[C@@H](O)[C@H](C)C1C. The number of carbonyl (C=O) groups is 3. The predicted octanol–water partition coefficient (Wildman–Crippen LogP) is 3.69. The van der Waals surface area contributed by atoms with Crippen molar-refractivity contribution in [1.29, 1.82) is 0 Å². The topological polar surface area (TPSA) is 233 Å². The van der Waals surface area contributed by atoms with Crippen molar-refractivity contribution >= 4 is 18.1 Å². The van der Waals surface area contributed by atoms with Gasteiger partial charge in [0.1, 0.15) is 49.8 Å². The molecule has 356 valence electrons. The second-order valence-electron chi connectivity index (χ2n) is 17.2. The number of alkyl carbamates (subject to hydrolysis) is 2. The fraction of sp³-hybridized carbons (Fsp3) is 0.562. The van der Waals surface area contributed by atoms with Crippen molar-refractivity contribution in [3.8, 4) is 0 Å². The molecule has 3 aliphatic rings.